The molecule has 0 aromatic carbocycles. The van der Waals surface area contributed by atoms with Gasteiger partial charge < -0.3 is 10.4 Å². The zero-order valence-electron chi connectivity index (χ0n) is 12.0. The summed E-state index contributed by atoms with van der Waals surface area (Å²) in [5, 5.41) is 12.2. The number of rotatable bonds is 4. The highest BCUT2D eigenvalue weighted by Crippen LogP contribution is 2.24. The molecule has 1 aliphatic rings. The first-order valence-electron chi connectivity index (χ1n) is 7.26. The van der Waals surface area contributed by atoms with Crippen molar-refractivity contribution in [3.05, 3.63) is 29.6 Å². The van der Waals surface area contributed by atoms with Crippen LogP contribution in [-0.4, -0.2) is 40.2 Å². The lowest BCUT2D eigenvalue weighted by molar-refractivity contribution is 0.0948. The van der Waals surface area contributed by atoms with Crippen molar-refractivity contribution >= 4 is 17.7 Å². The topological polar surface area (TPSA) is 62.2 Å². The lowest BCUT2D eigenvalue weighted by Crippen LogP contribution is -2.32. The number of nitrogens with zero attached hydrogens (tertiary/aromatic N) is 1. The molecule has 0 radical (unpaired) electrons. The molecule has 1 aromatic rings. The Morgan fingerprint density at radius 1 is 1.52 bits per heavy atom. The predicted molar refractivity (Wildman–Crippen MR) is 85.2 cm³/mol. The number of carbonyl (C=O) groups excluding carboxylic acids is 1. The number of aliphatic hydroxyl groups excluding tert-OH is 1. The van der Waals surface area contributed by atoms with Crippen molar-refractivity contribution in [2.24, 2.45) is 0 Å². The number of hydrogen-bond donors (Lipinski definition) is 2. The SMILES string of the molecule is O=C(NCC1CCCCS1)c1ncccc1C#CCCO. The third-order valence-corrected chi connectivity index (χ3v) is 4.65. The van der Waals surface area contributed by atoms with Crippen molar-refractivity contribution in [1.82, 2.24) is 10.3 Å². The summed E-state index contributed by atoms with van der Waals surface area (Å²) in [5.41, 5.74) is 0.975. The Balaban J connectivity index is 1.96. The standard InChI is InChI=1S/C16H20N2O2S/c19-10-3-1-6-13-7-5-9-17-15(13)16(20)18-12-14-8-2-4-11-21-14/h5,7,9,14,19H,2-4,8,10-12H2,(H,18,20). The highest BCUT2D eigenvalue weighted by Gasteiger charge is 2.17. The van der Waals surface area contributed by atoms with E-state index in [0.717, 1.165) is 6.42 Å². The first kappa shape index (κ1) is 15.9. The van der Waals surface area contributed by atoms with E-state index in [1.807, 2.05) is 11.8 Å². The maximum atomic E-state index is 12.2. The minimum atomic E-state index is -0.171. The Hall–Kier alpha value is -1.51. The van der Waals surface area contributed by atoms with Gasteiger partial charge in [0, 0.05) is 24.4 Å². The summed E-state index contributed by atoms with van der Waals surface area (Å²) in [6, 6.07) is 3.54. The number of carbonyl (C=O) groups is 1. The number of amides is 1. The molecule has 1 aliphatic heterocycles. The maximum Gasteiger partial charge on any atom is 0.271 e. The Morgan fingerprint density at radius 3 is 3.19 bits per heavy atom. The number of aliphatic hydroxyl groups is 1. The fourth-order valence-electron chi connectivity index (χ4n) is 2.16. The van der Waals surface area contributed by atoms with E-state index in [-0.39, 0.29) is 12.5 Å². The fourth-order valence-corrected chi connectivity index (χ4v) is 3.40. The van der Waals surface area contributed by atoms with Gasteiger partial charge in [0.15, 0.2) is 0 Å². The number of nitrogens with one attached hydrogen (secondary N) is 1. The molecule has 112 valence electrons. The van der Waals surface area contributed by atoms with Crippen LogP contribution in [-0.2, 0) is 0 Å². The van der Waals surface area contributed by atoms with Gasteiger partial charge in [0.05, 0.1) is 12.2 Å². The van der Waals surface area contributed by atoms with Gasteiger partial charge >= 0.3 is 0 Å². The molecule has 2 heterocycles. The van der Waals surface area contributed by atoms with Crippen LogP contribution >= 0.6 is 11.8 Å². The van der Waals surface area contributed by atoms with Crippen LogP contribution in [0.1, 0.15) is 41.7 Å². The summed E-state index contributed by atoms with van der Waals surface area (Å²) >= 11 is 1.93. The van der Waals surface area contributed by atoms with E-state index in [0.29, 0.717) is 29.5 Å². The van der Waals surface area contributed by atoms with Gasteiger partial charge in [-0.15, -0.1) is 0 Å². The van der Waals surface area contributed by atoms with Gasteiger partial charge in [0.2, 0.25) is 0 Å². The minimum absolute atomic E-state index is 0.0215. The predicted octanol–water partition coefficient (Wildman–Crippen LogP) is 1.83. The first-order chi connectivity index (χ1) is 10.3. The molecule has 1 aromatic heterocycles. The molecule has 5 heteroatoms. The Labute approximate surface area is 129 Å². The molecular formula is C16H20N2O2S. The lowest BCUT2D eigenvalue weighted by atomic mass is 10.1. The lowest BCUT2D eigenvalue weighted by Gasteiger charge is -2.21. The van der Waals surface area contributed by atoms with E-state index < -0.39 is 0 Å². The van der Waals surface area contributed by atoms with Crippen molar-refractivity contribution in [2.75, 3.05) is 18.9 Å². The van der Waals surface area contributed by atoms with Crippen molar-refractivity contribution in [3.63, 3.8) is 0 Å². The molecule has 0 aliphatic carbocycles. The van der Waals surface area contributed by atoms with Crippen LogP contribution in [0.5, 0.6) is 0 Å². The van der Waals surface area contributed by atoms with E-state index in [4.69, 9.17) is 5.11 Å². The van der Waals surface area contributed by atoms with Crippen LogP contribution in [0.2, 0.25) is 0 Å². The summed E-state index contributed by atoms with van der Waals surface area (Å²) in [4.78, 5) is 16.4. The maximum absolute atomic E-state index is 12.2. The molecule has 2 rings (SSSR count). The van der Waals surface area contributed by atoms with Crippen LogP contribution in [0.15, 0.2) is 18.3 Å². The molecular weight excluding hydrogens is 284 g/mol. The second-order valence-electron chi connectivity index (χ2n) is 4.87. The second-order valence-corrected chi connectivity index (χ2v) is 6.28. The van der Waals surface area contributed by atoms with E-state index in [1.165, 1.54) is 18.6 Å². The van der Waals surface area contributed by atoms with E-state index in [2.05, 4.69) is 22.1 Å². The minimum Gasteiger partial charge on any atom is -0.395 e. The quantitative estimate of drug-likeness (QED) is 0.833. The smallest absolute Gasteiger partial charge is 0.271 e. The Bertz CT molecular complexity index is 531. The largest absolute Gasteiger partial charge is 0.395 e. The third-order valence-electron chi connectivity index (χ3n) is 3.25. The van der Waals surface area contributed by atoms with Gasteiger partial charge in [0.1, 0.15) is 5.69 Å². The molecule has 1 amide bonds. The van der Waals surface area contributed by atoms with Gasteiger partial charge in [-0.1, -0.05) is 18.3 Å². The van der Waals surface area contributed by atoms with Crippen LogP contribution in [0.25, 0.3) is 0 Å². The molecule has 4 nitrogen and oxygen atoms in total. The number of aromatic nitrogens is 1. The third kappa shape index (κ3) is 5.07. The normalized spacial score (nSPS) is 17.7. The van der Waals surface area contributed by atoms with Crippen molar-refractivity contribution in [1.29, 1.82) is 0 Å². The highest BCUT2D eigenvalue weighted by molar-refractivity contribution is 7.99. The monoisotopic (exact) mass is 304 g/mol. The number of hydrogen-bond acceptors (Lipinski definition) is 4. The second kappa shape index (κ2) is 8.71. The summed E-state index contributed by atoms with van der Waals surface area (Å²) in [6.07, 6.45) is 5.68. The van der Waals surface area contributed by atoms with Crippen LogP contribution < -0.4 is 5.32 Å². The van der Waals surface area contributed by atoms with Crippen LogP contribution in [0, 0.1) is 11.8 Å². The van der Waals surface area contributed by atoms with Gasteiger partial charge in [-0.2, -0.15) is 11.8 Å². The average molecular weight is 304 g/mol. The zero-order valence-corrected chi connectivity index (χ0v) is 12.8. The molecule has 1 fully saturated rings. The molecule has 0 saturated carbocycles. The van der Waals surface area contributed by atoms with Crippen molar-refractivity contribution < 1.29 is 9.90 Å². The highest BCUT2D eigenvalue weighted by atomic mass is 32.2. The average Bonchev–Trinajstić information content (AvgIpc) is 2.54. The molecule has 0 spiro atoms. The fraction of sp³-hybridized carbons (Fsp3) is 0.500. The van der Waals surface area contributed by atoms with Gasteiger partial charge in [-0.3, -0.25) is 4.79 Å². The van der Waals surface area contributed by atoms with E-state index in [9.17, 15) is 4.79 Å². The molecule has 2 N–H and O–H groups in total. The Kier molecular flexibility index (Phi) is 6.58. The zero-order chi connectivity index (χ0) is 14.9. The van der Waals surface area contributed by atoms with Crippen LogP contribution in [0.3, 0.4) is 0 Å². The molecule has 0 bridgehead atoms. The van der Waals surface area contributed by atoms with Gasteiger partial charge in [0.25, 0.3) is 5.91 Å². The molecule has 1 atom stereocenters. The summed E-state index contributed by atoms with van der Waals surface area (Å²) in [6.45, 7) is 0.706. The van der Waals surface area contributed by atoms with E-state index in [1.54, 1.807) is 18.3 Å². The molecule has 1 saturated heterocycles. The Morgan fingerprint density at radius 2 is 2.43 bits per heavy atom. The first-order valence-corrected chi connectivity index (χ1v) is 8.30. The number of pyridine rings is 1. The summed E-state index contributed by atoms with van der Waals surface area (Å²) < 4.78 is 0. The number of thioether (sulfide) groups is 1. The van der Waals surface area contributed by atoms with E-state index >= 15 is 0 Å². The summed E-state index contributed by atoms with van der Waals surface area (Å²) in [5.74, 6) is 6.73. The van der Waals surface area contributed by atoms with Gasteiger partial charge in [-0.25, -0.2) is 4.98 Å². The van der Waals surface area contributed by atoms with Crippen molar-refractivity contribution in [2.45, 2.75) is 30.9 Å². The van der Waals surface area contributed by atoms with Crippen LogP contribution in [0.4, 0.5) is 0 Å². The van der Waals surface area contributed by atoms with Gasteiger partial charge in [-0.05, 0) is 30.7 Å². The molecule has 1 unspecified atom stereocenters. The van der Waals surface area contributed by atoms with Crippen molar-refractivity contribution in [3.8, 4) is 11.8 Å². The summed E-state index contributed by atoms with van der Waals surface area (Å²) in [7, 11) is 0. The molecule has 21 heavy (non-hydrogen) atoms.